The minimum absolute atomic E-state index is 0.120. The molecule has 10 nitrogen and oxygen atoms in total. The zero-order valence-corrected chi connectivity index (χ0v) is 23.7. The van der Waals surface area contributed by atoms with Crippen LogP contribution in [0.3, 0.4) is 0 Å². The van der Waals surface area contributed by atoms with Gasteiger partial charge in [0.05, 0.1) is 26.3 Å². The number of epoxide rings is 1. The van der Waals surface area contributed by atoms with E-state index in [1.807, 2.05) is 82.3 Å². The summed E-state index contributed by atoms with van der Waals surface area (Å²) in [6.07, 6.45) is 0.437. The summed E-state index contributed by atoms with van der Waals surface area (Å²) in [4.78, 5) is 44.1. The highest BCUT2D eigenvalue weighted by Gasteiger charge is 2.37. The first-order valence-electron chi connectivity index (χ1n) is 12.9. The van der Waals surface area contributed by atoms with Crippen LogP contribution >= 0.6 is 0 Å². The SMILES string of the molecule is CC.CC(C)NC(=O)CO.COc1ccc(C)cc1.O=CNCC(=O)NC(Cc1ccccc1)C(=O)C1CO1. The van der Waals surface area contributed by atoms with E-state index in [0.717, 1.165) is 11.3 Å². The van der Waals surface area contributed by atoms with Gasteiger partial charge in [-0.25, -0.2) is 0 Å². The molecule has 3 rings (SSSR count). The average molecular weight is 546 g/mol. The molecule has 10 heteroatoms. The first-order valence-corrected chi connectivity index (χ1v) is 12.9. The highest BCUT2D eigenvalue weighted by molar-refractivity contribution is 5.94. The fourth-order valence-corrected chi connectivity index (χ4v) is 2.93. The summed E-state index contributed by atoms with van der Waals surface area (Å²) in [5.74, 6) is 0.0703. The molecule has 0 bridgehead atoms. The first-order chi connectivity index (χ1) is 18.7. The van der Waals surface area contributed by atoms with Crippen LogP contribution in [-0.4, -0.2) is 74.2 Å². The number of amides is 3. The first kappa shape index (κ1) is 35.2. The summed E-state index contributed by atoms with van der Waals surface area (Å²) in [6, 6.07) is 16.9. The number of rotatable bonds is 11. The van der Waals surface area contributed by atoms with Crippen molar-refractivity contribution in [3.8, 4) is 5.75 Å². The topological polar surface area (TPSA) is 146 Å². The van der Waals surface area contributed by atoms with Crippen molar-refractivity contribution in [2.75, 3.05) is 26.9 Å². The Bertz CT molecular complexity index is 963. The lowest BCUT2D eigenvalue weighted by Crippen LogP contribution is -2.47. The third-order valence-electron chi connectivity index (χ3n) is 4.81. The number of hydrogen-bond donors (Lipinski definition) is 4. The molecule has 39 heavy (non-hydrogen) atoms. The van der Waals surface area contributed by atoms with Gasteiger partial charge in [-0.2, -0.15) is 0 Å². The van der Waals surface area contributed by atoms with E-state index < -0.39 is 24.7 Å². The number of benzene rings is 2. The molecule has 0 aromatic heterocycles. The summed E-state index contributed by atoms with van der Waals surface area (Å²) in [5.41, 5.74) is 2.21. The molecular formula is C29H43N3O7. The van der Waals surface area contributed by atoms with E-state index in [0.29, 0.717) is 19.4 Å². The molecule has 1 fully saturated rings. The van der Waals surface area contributed by atoms with Gasteiger partial charge < -0.3 is 30.5 Å². The van der Waals surface area contributed by atoms with Gasteiger partial charge in [0.1, 0.15) is 18.5 Å². The Labute approximate surface area is 231 Å². The van der Waals surface area contributed by atoms with Crippen LogP contribution in [0.2, 0.25) is 0 Å². The van der Waals surface area contributed by atoms with Crippen molar-refractivity contribution in [1.82, 2.24) is 16.0 Å². The van der Waals surface area contributed by atoms with E-state index in [1.54, 1.807) is 7.11 Å². The highest BCUT2D eigenvalue weighted by Crippen LogP contribution is 2.15. The monoisotopic (exact) mass is 545 g/mol. The number of methoxy groups -OCH3 is 1. The molecule has 0 radical (unpaired) electrons. The van der Waals surface area contributed by atoms with Crippen LogP contribution in [0, 0.1) is 6.92 Å². The van der Waals surface area contributed by atoms with E-state index in [-0.39, 0.29) is 24.3 Å². The Balaban J connectivity index is 0.000000630. The Kier molecular flexibility index (Phi) is 19.2. The van der Waals surface area contributed by atoms with Gasteiger partial charge in [0.15, 0.2) is 5.78 Å². The second kappa shape index (κ2) is 21.2. The molecule has 1 aliphatic rings. The molecule has 1 aliphatic heterocycles. The van der Waals surface area contributed by atoms with E-state index >= 15 is 0 Å². The second-order valence-electron chi connectivity index (χ2n) is 8.43. The maximum Gasteiger partial charge on any atom is 0.245 e. The molecule has 2 unspecified atom stereocenters. The summed E-state index contributed by atoms with van der Waals surface area (Å²) in [6.45, 7) is 9.58. The molecule has 1 saturated heterocycles. The lowest BCUT2D eigenvalue weighted by Gasteiger charge is -2.17. The van der Waals surface area contributed by atoms with Crippen LogP contribution < -0.4 is 20.7 Å². The molecule has 0 saturated carbocycles. The number of ether oxygens (including phenoxy) is 2. The van der Waals surface area contributed by atoms with Crippen molar-refractivity contribution in [3.05, 3.63) is 65.7 Å². The molecule has 1 heterocycles. The molecular weight excluding hydrogens is 502 g/mol. The van der Waals surface area contributed by atoms with Crippen LogP contribution in [0.4, 0.5) is 0 Å². The maximum atomic E-state index is 12.1. The largest absolute Gasteiger partial charge is 0.497 e. The van der Waals surface area contributed by atoms with Gasteiger partial charge in [-0.05, 0) is 44.9 Å². The van der Waals surface area contributed by atoms with Gasteiger partial charge in [-0.15, -0.1) is 0 Å². The maximum absolute atomic E-state index is 12.1. The van der Waals surface area contributed by atoms with Crippen molar-refractivity contribution < 1.29 is 33.8 Å². The van der Waals surface area contributed by atoms with Gasteiger partial charge in [-0.1, -0.05) is 61.9 Å². The molecule has 2 aromatic carbocycles. The van der Waals surface area contributed by atoms with E-state index in [2.05, 4.69) is 22.9 Å². The Hall–Kier alpha value is -3.76. The third kappa shape index (κ3) is 17.4. The highest BCUT2D eigenvalue weighted by atomic mass is 16.6. The number of nitrogens with one attached hydrogen (secondary N) is 3. The fourth-order valence-electron chi connectivity index (χ4n) is 2.93. The quantitative estimate of drug-likeness (QED) is 0.249. The third-order valence-corrected chi connectivity index (χ3v) is 4.81. The van der Waals surface area contributed by atoms with Crippen LogP contribution in [0.25, 0.3) is 0 Å². The molecule has 2 atom stereocenters. The minimum Gasteiger partial charge on any atom is -0.497 e. The molecule has 0 aliphatic carbocycles. The Morgan fingerprint density at radius 2 is 1.62 bits per heavy atom. The summed E-state index contributed by atoms with van der Waals surface area (Å²) in [7, 11) is 1.67. The van der Waals surface area contributed by atoms with E-state index in [9.17, 15) is 19.2 Å². The normalized spacial score (nSPS) is 13.4. The summed E-state index contributed by atoms with van der Waals surface area (Å²) < 4.78 is 9.95. The predicted molar refractivity (Wildman–Crippen MR) is 150 cm³/mol. The predicted octanol–water partition coefficient (Wildman–Crippen LogP) is 1.96. The van der Waals surface area contributed by atoms with Gasteiger partial charge in [0.2, 0.25) is 18.2 Å². The molecule has 2 aromatic rings. The molecule has 4 N–H and O–H groups in total. The van der Waals surface area contributed by atoms with Crippen molar-refractivity contribution in [3.63, 3.8) is 0 Å². The Morgan fingerprint density at radius 3 is 2.05 bits per heavy atom. The van der Waals surface area contributed by atoms with E-state index in [1.165, 1.54) is 5.56 Å². The second-order valence-corrected chi connectivity index (χ2v) is 8.43. The van der Waals surface area contributed by atoms with Crippen LogP contribution in [0.1, 0.15) is 38.8 Å². The van der Waals surface area contributed by atoms with Crippen LogP contribution in [0.15, 0.2) is 54.6 Å². The lowest BCUT2D eigenvalue weighted by atomic mass is 10.0. The van der Waals surface area contributed by atoms with Gasteiger partial charge in [0.25, 0.3) is 0 Å². The number of aryl methyl sites for hydroxylation is 1. The van der Waals surface area contributed by atoms with Crippen LogP contribution in [-0.2, 0) is 30.3 Å². The smallest absolute Gasteiger partial charge is 0.245 e. The molecule has 3 amide bonds. The van der Waals surface area contributed by atoms with Gasteiger partial charge in [0, 0.05) is 6.04 Å². The van der Waals surface area contributed by atoms with Crippen LogP contribution in [0.5, 0.6) is 5.75 Å². The van der Waals surface area contributed by atoms with Gasteiger partial charge in [-0.3, -0.25) is 19.2 Å². The number of aliphatic hydroxyl groups excluding tert-OH is 1. The van der Waals surface area contributed by atoms with Crippen molar-refractivity contribution >= 4 is 24.0 Å². The minimum atomic E-state index is -0.633. The van der Waals surface area contributed by atoms with Gasteiger partial charge >= 0.3 is 0 Å². The number of aliphatic hydroxyl groups is 1. The number of carbonyl (C=O) groups excluding carboxylic acids is 4. The summed E-state index contributed by atoms with van der Waals surface area (Å²) >= 11 is 0. The van der Waals surface area contributed by atoms with Crippen molar-refractivity contribution in [2.45, 2.75) is 59.2 Å². The van der Waals surface area contributed by atoms with Crippen molar-refractivity contribution in [2.24, 2.45) is 0 Å². The zero-order chi connectivity index (χ0) is 29.6. The summed E-state index contributed by atoms with van der Waals surface area (Å²) in [5, 5.41) is 15.6. The average Bonchev–Trinajstić information content (AvgIpc) is 3.79. The number of carbonyl (C=O) groups is 4. The standard InChI is InChI=1S/C14H16N2O4.C8H10O.C5H11NO2.C2H6/c17-9-15-7-13(18)16-11(14(19)12-8-20-12)6-10-4-2-1-3-5-10;1-7-3-5-8(9-2)6-4-7;1-4(2)6-5(8)3-7;1-2/h1-5,9,11-12H,6-8H2,(H,15,17)(H,16,18);3-6H,1-2H3;4,7H,3H2,1-2H3,(H,6,8);1-2H3. The fraction of sp³-hybridized carbons (Fsp3) is 0.448. The van der Waals surface area contributed by atoms with E-state index in [4.69, 9.17) is 14.6 Å². The molecule has 0 spiro atoms. The number of ketones is 1. The lowest BCUT2D eigenvalue weighted by molar-refractivity contribution is -0.128. The molecule has 216 valence electrons. The zero-order valence-electron chi connectivity index (χ0n) is 23.7. The number of hydrogen-bond acceptors (Lipinski definition) is 7. The Morgan fingerprint density at radius 1 is 1.03 bits per heavy atom. The number of Topliss-reactive ketones (excluding diaryl/α,β-unsaturated/α-hetero) is 1. The van der Waals surface area contributed by atoms with Crippen molar-refractivity contribution in [1.29, 1.82) is 0 Å².